The van der Waals surface area contributed by atoms with Crippen molar-refractivity contribution < 1.29 is 9.72 Å². The van der Waals surface area contributed by atoms with Gasteiger partial charge in [-0.15, -0.1) is 0 Å². The molecular formula is C18H22N4O3. The number of hydrogen-bond donors (Lipinski definition) is 0. The van der Waals surface area contributed by atoms with Gasteiger partial charge in [-0.05, 0) is 31.0 Å². The zero-order chi connectivity index (χ0) is 18.1. The second-order valence-electron chi connectivity index (χ2n) is 6.52. The van der Waals surface area contributed by atoms with Gasteiger partial charge in [0, 0.05) is 45.0 Å². The van der Waals surface area contributed by atoms with E-state index in [1.807, 2.05) is 0 Å². The van der Waals surface area contributed by atoms with Crippen LogP contribution >= 0.6 is 0 Å². The SMILES string of the molecule is Cc1ccc(C)c(N2CCN(C(=O)c3cc([N+](=O)[O-])cn3C)CC2)c1. The molecule has 0 spiro atoms. The van der Waals surface area contributed by atoms with Crippen LogP contribution in [0.4, 0.5) is 11.4 Å². The number of carbonyl (C=O) groups excluding carboxylic acids is 1. The van der Waals surface area contributed by atoms with Gasteiger partial charge >= 0.3 is 0 Å². The summed E-state index contributed by atoms with van der Waals surface area (Å²) in [4.78, 5) is 27.1. The largest absolute Gasteiger partial charge is 0.368 e. The average Bonchev–Trinajstić information content (AvgIpc) is 2.99. The van der Waals surface area contributed by atoms with Crippen molar-refractivity contribution in [2.45, 2.75) is 13.8 Å². The third kappa shape index (κ3) is 3.35. The number of aromatic nitrogens is 1. The van der Waals surface area contributed by atoms with E-state index >= 15 is 0 Å². The van der Waals surface area contributed by atoms with Gasteiger partial charge in [0.1, 0.15) is 5.69 Å². The molecule has 1 amide bonds. The first-order chi connectivity index (χ1) is 11.9. The lowest BCUT2D eigenvalue weighted by atomic mass is 10.1. The number of rotatable bonds is 3. The Kier molecular flexibility index (Phi) is 4.48. The molecule has 2 aromatic rings. The Bertz CT molecular complexity index is 820. The Morgan fingerprint density at radius 3 is 2.40 bits per heavy atom. The van der Waals surface area contributed by atoms with Gasteiger partial charge in [-0.3, -0.25) is 14.9 Å². The maximum atomic E-state index is 12.7. The first-order valence-corrected chi connectivity index (χ1v) is 8.29. The van der Waals surface area contributed by atoms with Crippen molar-refractivity contribution in [1.29, 1.82) is 0 Å². The average molecular weight is 342 g/mol. The van der Waals surface area contributed by atoms with E-state index in [0.717, 1.165) is 13.1 Å². The van der Waals surface area contributed by atoms with E-state index in [1.165, 1.54) is 33.6 Å². The van der Waals surface area contributed by atoms with Crippen molar-refractivity contribution in [3.63, 3.8) is 0 Å². The van der Waals surface area contributed by atoms with Crippen molar-refractivity contribution in [3.8, 4) is 0 Å². The molecular weight excluding hydrogens is 320 g/mol. The van der Waals surface area contributed by atoms with Crippen LogP contribution in [0.1, 0.15) is 21.6 Å². The lowest BCUT2D eigenvalue weighted by molar-refractivity contribution is -0.384. The summed E-state index contributed by atoms with van der Waals surface area (Å²) in [6.07, 6.45) is 1.37. The second-order valence-corrected chi connectivity index (χ2v) is 6.52. The summed E-state index contributed by atoms with van der Waals surface area (Å²) < 4.78 is 1.53. The van der Waals surface area contributed by atoms with Gasteiger partial charge in [0.25, 0.3) is 11.6 Å². The molecule has 2 heterocycles. The van der Waals surface area contributed by atoms with Crippen LogP contribution in [0.25, 0.3) is 0 Å². The summed E-state index contributed by atoms with van der Waals surface area (Å²) in [5.41, 5.74) is 3.95. The summed E-state index contributed by atoms with van der Waals surface area (Å²) in [5, 5.41) is 10.9. The zero-order valence-corrected chi connectivity index (χ0v) is 14.7. The van der Waals surface area contributed by atoms with Crippen molar-refractivity contribution in [2.75, 3.05) is 31.1 Å². The molecule has 0 atom stereocenters. The molecule has 7 heteroatoms. The molecule has 1 aromatic heterocycles. The summed E-state index contributed by atoms with van der Waals surface area (Å²) >= 11 is 0. The Morgan fingerprint density at radius 2 is 1.80 bits per heavy atom. The minimum atomic E-state index is -0.477. The van der Waals surface area contributed by atoms with Crippen LogP contribution in [0.2, 0.25) is 0 Å². The molecule has 0 radical (unpaired) electrons. The highest BCUT2D eigenvalue weighted by Crippen LogP contribution is 2.24. The molecule has 1 aliphatic rings. The van der Waals surface area contributed by atoms with Crippen LogP contribution in [0, 0.1) is 24.0 Å². The Hall–Kier alpha value is -2.83. The van der Waals surface area contributed by atoms with Crippen molar-refractivity contribution >= 4 is 17.3 Å². The molecule has 7 nitrogen and oxygen atoms in total. The maximum Gasteiger partial charge on any atom is 0.287 e. The van der Waals surface area contributed by atoms with Crippen LogP contribution in [0.5, 0.6) is 0 Å². The van der Waals surface area contributed by atoms with Crippen molar-refractivity contribution in [3.05, 3.63) is 57.4 Å². The molecule has 3 rings (SSSR count). The molecule has 1 saturated heterocycles. The minimum absolute atomic E-state index is 0.0557. The maximum absolute atomic E-state index is 12.7. The monoisotopic (exact) mass is 342 g/mol. The third-order valence-electron chi connectivity index (χ3n) is 4.69. The Morgan fingerprint density at radius 1 is 1.12 bits per heavy atom. The van der Waals surface area contributed by atoms with E-state index < -0.39 is 4.92 Å². The summed E-state index contributed by atoms with van der Waals surface area (Å²) in [6, 6.07) is 7.74. The molecule has 0 aliphatic carbocycles. The molecule has 0 saturated carbocycles. The normalized spacial score (nSPS) is 14.7. The van der Waals surface area contributed by atoms with E-state index in [4.69, 9.17) is 0 Å². The lowest BCUT2D eigenvalue weighted by Gasteiger charge is -2.37. The van der Waals surface area contributed by atoms with Crippen LogP contribution < -0.4 is 4.90 Å². The molecule has 132 valence electrons. The Labute approximate surface area is 146 Å². The number of nitrogens with zero attached hydrogens (tertiary/aromatic N) is 4. The van der Waals surface area contributed by atoms with Crippen molar-refractivity contribution in [1.82, 2.24) is 9.47 Å². The fraction of sp³-hybridized carbons (Fsp3) is 0.389. The zero-order valence-electron chi connectivity index (χ0n) is 14.7. The standard InChI is InChI=1S/C18H22N4O3/c1-13-4-5-14(2)16(10-13)20-6-8-21(9-7-20)18(23)17-11-15(22(24)25)12-19(17)3/h4-5,10-12H,6-9H2,1-3H3. The Balaban J connectivity index is 1.71. The van der Waals surface area contributed by atoms with Gasteiger partial charge < -0.3 is 14.4 Å². The number of nitro groups is 1. The molecule has 0 N–H and O–H groups in total. The highest BCUT2D eigenvalue weighted by atomic mass is 16.6. The molecule has 25 heavy (non-hydrogen) atoms. The number of carbonyl (C=O) groups is 1. The van der Waals surface area contributed by atoms with E-state index in [2.05, 4.69) is 36.9 Å². The first kappa shape index (κ1) is 17.0. The fourth-order valence-electron chi connectivity index (χ4n) is 3.23. The molecule has 1 fully saturated rings. The van der Waals surface area contributed by atoms with Crippen LogP contribution in [0.3, 0.4) is 0 Å². The second kappa shape index (κ2) is 6.58. The number of aryl methyl sites for hydroxylation is 3. The summed E-state index contributed by atoms with van der Waals surface area (Å²) in [6.45, 7) is 6.88. The highest BCUT2D eigenvalue weighted by Gasteiger charge is 2.26. The van der Waals surface area contributed by atoms with E-state index in [1.54, 1.807) is 11.9 Å². The molecule has 0 unspecified atom stereocenters. The number of piperazine rings is 1. The van der Waals surface area contributed by atoms with Gasteiger partial charge in [-0.1, -0.05) is 12.1 Å². The molecule has 1 aliphatic heterocycles. The number of amides is 1. The molecule has 0 bridgehead atoms. The number of anilines is 1. The van der Waals surface area contributed by atoms with Crippen LogP contribution in [-0.4, -0.2) is 46.5 Å². The van der Waals surface area contributed by atoms with Crippen LogP contribution in [-0.2, 0) is 7.05 Å². The number of benzene rings is 1. The fourth-order valence-corrected chi connectivity index (χ4v) is 3.23. The minimum Gasteiger partial charge on any atom is -0.368 e. The topological polar surface area (TPSA) is 71.6 Å². The van der Waals surface area contributed by atoms with Gasteiger partial charge in [0.05, 0.1) is 11.1 Å². The highest BCUT2D eigenvalue weighted by molar-refractivity contribution is 5.93. The quantitative estimate of drug-likeness (QED) is 0.635. The van der Waals surface area contributed by atoms with Gasteiger partial charge in [0.2, 0.25) is 0 Å². The lowest BCUT2D eigenvalue weighted by Crippen LogP contribution is -2.49. The van der Waals surface area contributed by atoms with E-state index in [9.17, 15) is 14.9 Å². The summed E-state index contributed by atoms with van der Waals surface area (Å²) in [7, 11) is 1.66. The smallest absolute Gasteiger partial charge is 0.287 e. The predicted octanol–water partition coefficient (Wildman–Crippen LogP) is 2.51. The molecule has 1 aromatic carbocycles. The summed E-state index contributed by atoms with van der Waals surface area (Å²) in [5.74, 6) is -0.156. The van der Waals surface area contributed by atoms with Crippen LogP contribution in [0.15, 0.2) is 30.5 Å². The first-order valence-electron chi connectivity index (χ1n) is 8.29. The van der Waals surface area contributed by atoms with Crippen molar-refractivity contribution in [2.24, 2.45) is 7.05 Å². The third-order valence-corrected chi connectivity index (χ3v) is 4.69. The van der Waals surface area contributed by atoms with E-state index in [-0.39, 0.29) is 11.6 Å². The van der Waals surface area contributed by atoms with Gasteiger partial charge in [-0.2, -0.15) is 0 Å². The van der Waals surface area contributed by atoms with Gasteiger partial charge in [-0.25, -0.2) is 0 Å². The predicted molar refractivity (Wildman–Crippen MR) is 96.1 cm³/mol. The van der Waals surface area contributed by atoms with E-state index in [0.29, 0.717) is 18.8 Å². The van der Waals surface area contributed by atoms with Gasteiger partial charge in [0.15, 0.2) is 0 Å². The number of hydrogen-bond acceptors (Lipinski definition) is 4.